The fourth-order valence-electron chi connectivity index (χ4n) is 9.48. The van der Waals surface area contributed by atoms with Crippen LogP contribution in [0.4, 0.5) is 11.4 Å². The van der Waals surface area contributed by atoms with Crippen LogP contribution in [0.5, 0.6) is 0 Å². The maximum absolute atomic E-state index is 10.5. The van der Waals surface area contributed by atoms with E-state index in [1.807, 2.05) is 0 Å². The van der Waals surface area contributed by atoms with Crippen molar-refractivity contribution in [2.24, 2.45) is 0 Å². The number of rotatable bonds is 2. The third-order valence-corrected chi connectivity index (χ3v) is 12.0. The molecule has 0 amide bonds. The fourth-order valence-corrected chi connectivity index (χ4v) is 9.48. The van der Waals surface area contributed by atoms with E-state index in [4.69, 9.17) is 0 Å². The molecule has 0 bridgehead atoms. The normalized spacial score (nSPS) is 25.0. The van der Waals surface area contributed by atoms with Gasteiger partial charge in [0.05, 0.1) is 6.10 Å². The standard InChI is InChI=1S/C45H50N3O/c1-44(2)39(46(5)37-22-18-30-12-7-9-16-35(30)41(37)44)24-20-32-14-11-15-33(43(32)48-28-26-34(49)27-29-48)21-25-40-45(3,4)42-36-17-10-8-13-31(36)19-23-38(42)47(40)6/h7-10,12-13,16-25,34,49H,11,14-15,26-29H2,1-6H3/q+1. The van der Waals surface area contributed by atoms with Crippen molar-refractivity contribution in [1.82, 2.24) is 0 Å². The quantitative estimate of drug-likeness (QED) is 0.220. The maximum atomic E-state index is 10.5. The Morgan fingerprint density at radius 3 is 1.55 bits per heavy atom. The molecule has 0 spiro atoms. The van der Waals surface area contributed by atoms with Crippen LogP contribution >= 0.6 is 0 Å². The summed E-state index contributed by atoms with van der Waals surface area (Å²) in [5.74, 6) is 0. The minimum atomic E-state index is -0.202. The summed E-state index contributed by atoms with van der Waals surface area (Å²) in [5.41, 5.74) is 12.1. The van der Waals surface area contributed by atoms with E-state index in [1.54, 1.807) is 0 Å². The van der Waals surface area contributed by atoms with Crippen molar-refractivity contribution < 1.29 is 9.68 Å². The summed E-state index contributed by atoms with van der Waals surface area (Å²) in [6, 6.07) is 26.7. The van der Waals surface area contributed by atoms with Crippen molar-refractivity contribution in [2.75, 3.05) is 37.0 Å². The Labute approximate surface area is 292 Å². The summed E-state index contributed by atoms with van der Waals surface area (Å²) in [5, 5.41) is 15.7. The number of allylic oxidation sites excluding steroid dienone is 8. The molecule has 0 unspecified atom stereocenters. The average Bonchev–Trinajstić information content (AvgIpc) is 3.43. The molecule has 49 heavy (non-hydrogen) atoms. The van der Waals surface area contributed by atoms with E-state index in [-0.39, 0.29) is 16.9 Å². The van der Waals surface area contributed by atoms with Gasteiger partial charge in [-0.2, -0.15) is 0 Å². The van der Waals surface area contributed by atoms with Crippen LogP contribution < -0.4 is 9.80 Å². The van der Waals surface area contributed by atoms with Gasteiger partial charge in [-0.1, -0.05) is 101 Å². The second-order valence-corrected chi connectivity index (χ2v) is 15.6. The largest absolute Gasteiger partial charge is 0.393 e. The Bertz CT molecular complexity index is 2010. The van der Waals surface area contributed by atoms with Crippen LogP contribution in [-0.2, 0) is 10.8 Å². The molecule has 3 aliphatic heterocycles. The van der Waals surface area contributed by atoms with Gasteiger partial charge in [0.1, 0.15) is 13.1 Å². The molecule has 1 aliphatic carbocycles. The highest BCUT2D eigenvalue weighted by Gasteiger charge is 2.41. The lowest BCUT2D eigenvalue weighted by Crippen LogP contribution is -2.35. The van der Waals surface area contributed by atoms with E-state index in [9.17, 15) is 5.11 Å². The lowest BCUT2D eigenvalue weighted by atomic mass is 9.80. The minimum Gasteiger partial charge on any atom is -0.393 e. The SMILES string of the molecule is CN1C(=CC=C2CCCC(=CC=C3N(C)c4ccc5ccccc5c4C3(C)C)C2=[N+]2CCC(O)CC2)C(C)(C)c2c1ccc1ccccc21. The van der Waals surface area contributed by atoms with Gasteiger partial charge in [-0.05, 0) is 76.2 Å². The summed E-state index contributed by atoms with van der Waals surface area (Å²) >= 11 is 0. The number of hydrogen-bond acceptors (Lipinski definition) is 3. The van der Waals surface area contributed by atoms with Crippen molar-refractivity contribution in [3.63, 3.8) is 0 Å². The van der Waals surface area contributed by atoms with Crippen molar-refractivity contribution in [2.45, 2.75) is 76.7 Å². The summed E-state index contributed by atoms with van der Waals surface area (Å²) in [6.45, 7) is 11.3. The van der Waals surface area contributed by atoms with Crippen LogP contribution in [0.25, 0.3) is 21.5 Å². The van der Waals surface area contributed by atoms with Crippen molar-refractivity contribution in [3.05, 3.63) is 131 Å². The van der Waals surface area contributed by atoms with Crippen LogP contribution in [0.1, 0.15) is 70.9 Å². The number of anilines is 2. The van der Waals surface area contributed by atoms with Crippen molar-refractivity contribution >= 4 is 38.6 Å². The predicted molar refractivity (Wildman–Crippen MR) is 207 cm³/mol. The summed E-state index contributed by atoms with van der Waals surface area (Å²) < 4.78 is 2.57. The number of aliphatic hydroxyl groups is 1. The van der Waals surface area contributed by atoms with Gasteiger partial charge in [0.2, 0.25) is 5.71 Å². The van der Waals surface area contributed by atoms with E-state index >= 15 is 0 Å². The van der Waals surface area contributed by atoms with Gasteiger partial charge in [-0.25, -0.2) is 4.58 Å². The predicted octanol–water partition coefficient (Wildman–Crippen LogP) is 9.56. The van der Waals surface area contributed by atoms with E-state index < -0.39 is 0 Å². The highest BCUT2D eigenvalue weighted by atomic mass is 16.3. The number of nitrogens with zero attached hydrogens (tertiary/aromatic N) is 3. The van der Waals surface area contributed by atoms with Gasteiger partial charge in [0.25, 0.3) is 0 Å². The highest BCUT2D eigenvalue weighted by Crippen LogP contribution is 2.51. The van der Waals surface area contributed by atoms with Crippen LogP contribution in [0.2, 0.25) is 0 Å². The summed E-state index contributed by atoms with van der Waals surface area (Å²) in [4.78, 5) is 4.80. The van der Waals surface area contributed by atoms with E-state index in [0.717, 1.165) is 45.2 Å². The topological polar surface area (TPSA) is 29.7 Å². The monoisotopic (exact) mass is 648 g/mol. The maximum Gasteiger partial charge on any atom is 0.206 e. The molecule has 0 aromatic heterocycles. The molecule has 1 saturated carbocycles. The Hall–Kier alpha value is -4.41. The first-order chi connectivity index (χ1) is 23.6. The van der Waals surface area contributed by atoms with E-state index in [1.165, 1.54) is 72.3 Å². The molecule has 1 N–H and O–H groups in total. The number of likely N-dealkylation sites (N-methyl/N-ethyl adjacent to an activating group) is 2. The number of fused-ring (bicyclic) bond motifs is 6. The van der Waals surface area contributed by atoms with Crippen LogP contribution in [0.15, 0.2) is 120 Å². The summed E-state index contributed by atoms with van der Waals surface area (Å²) in [7, 11) is 4.45. The zero-order valence-electron chi connectivity index (χ0n) is 30.1. The molecule has 0 atom stereocenters. The Morgan fingerprint density at radius 1 is 0.633 bits per heavy atom. The molecule has 4 nitrogen and oxygen atoms in total. The Balaban J connectivity index is 1.21. The van der Waals surface area contributed by atoms with Gasteiger partial charge in [0, 0.05) is 71.7 Å². The van der Waals surface area contributed by atoms with Gasteiger partial charge in [0.15, 0.2) is 0 Å². The third kappa shape index (κ3) is 5.10. The number of benzene rings is 4. The molecule has 8 rings (SSSR count). The van der Waals surface area contributed by atoms with Crippen LogP contribution in [0, 0.1) is 0 Å². The van der Waals surface area contributed by atoms with Gasteiger partial charge < -0.3 is 14.9 Å². The minimum absolute atomic E-state index is 0.118. The third-order valence-electron chi connectivity index (χ3n) is 12.0. The van der Waals surface area contributed by atoms with E-state index in [0.29, 0.717) is 0 Å². The molecular weight excluding hydrogens is 599 g/mol. The molecule has 1 saturated heterocycles. The second-order valence-electron chi connectivity index (χ2n) is 15.6. The van der Waals surface area contributed by atoms with Gasteiger partial charge in [-0.15, -0.1) is 0 Å². The van der Waals surface area contributed by atoms with Crippen molar-refractivity contribution in [3.8, 4) is 0 Å². The lowest BCUT2D eigenvalue weighted by molar-refractivity contribution is -0.541. The van der Waals surface area contributed by atoms with E-state index in [2.05, 4.69) is 153 Å². The van der Waals surface area contributed by atoms with Crippen LogP contribution in [-0.4, -0.2) is 48.7 Å². The first-order valence-corrected chi connectivity index (χ1v) is 18.2. The molecular formula is C45H50N3O+. The molecule has 2 fully saturated rings. The Morgan fingerprint density at radius 2 is 1.08 bits per heavy atom. The highest BCUT2D eigenvalue weighted by molar-refractivity contribution is 6.10. The number of hydrogen-bond donors (Lipinski definition) is 1. The molecule has 4 aromatic carbocycles. The number of piperidine rings is 1. The zero-order valence-corrected chi connectivity index (χ0v) is 30.1. The van der Waals surface area contributed by atoms with Crippen LogP contribution in [0.3, 0.4) is 0 Å². The smallest absolute Gasteiger partial charge is 0.206 e. The molecule has 3 heterocycles. The second kappa shape index (κ2) is 11.9. The molecule has 4 aliphatic rings. The lowest BCUT2D eigenvalue weighted by Gasteiger charge is -2.26. The van der Waals surface area contributed by atoms with Crippen molar-refractivity contribution in [1.29, 1.82) is 0 Å². The first kappa shape index (κ1) is 31.8. The Kier molecular flexibility index (Phi) is 7.72. The average molecular weight is 649 g/mol. The number of aliphatic hydroxyl groups excluding tert-OH is 1. The summed E-state index contributed by atoms with van der Waals surface area (Å²) in [6.07, 6.45) is 14.4. The van der Waals surface area contributed by atoms with Gasteiger partial charge in [-0.3, -0.25) is 0 Å². The zero-order chi connectivity index (χ0) is 34.1. The first-order valence-electron chi connectivity index (χ1n) is 18.2. The molecule has 4 aromatic rings. The molecule has 250 valence electrons. The van der Waals surface area contributed by atoms with Gasteiger partial charge >= 0.3 is 0 Å². The molecule has 0 radical (unpaired) electrons. The molecule has 4 heteroatoms. The fraction of sp³-hybridized carbons (Fsp3) is 0.356.